The van der Waals surface area contributed by atoms with Gasteiger partial charge in [-0.25, -0.2) is 0 Å². The second kappa shape index (κ2) is 5.84. The summed E-state index contributed by atoms with van der Waals surface area (Å²) in [5, 5.41) is 4.51. The molecule has 1 aliphatic heterocycles. The minimum Gasteiger partial charge on any atom is -0.493 e. The van der Waals surface area contributed by atoms with Crippen molar-refractivity contribution >= 4 is 44.8 Å². The van der Waals surface area contributed by atoms with Gasteiger partial charge in [-0.1, -0.05) is 41.4 Å². The zero-order valence-corrected chi connectivity index (χ0v) is 13.6. The molecule has 2 nitrogen and oxygen atoms in total. The van der Waals surface area contributed by atoms with Crippen LogP contribution in [0.3, 0.4) is 0 Å². The van der Waals surface area contributed by atoms with Gasteiger partial charge in [0.25, 0.3) is 0 Å². The molecule has 20 heavy (non-hydrogen) atoms. The van der Waals surface area contributed by atoms with Crippen molar-refractivity contribution in [2.75, 3.05) is 11.9 Å². The summed E-state index contributed by atoms with van der Waals surface area (Å²) in [5.74, 6) is 0.926. The zero-order chi connectivity index (χ0) is 14.1. The molecule has 5 heteroatoms. The van der Waals surface area contributed by atoms with Crippen molar-refractivity contribution in [3.05, 3.63) is 56.5 Å². The minimum atomic E-state index is 0.176. The highest BCUT2D eigenvalue weighted by atomic mass is 79.9. The monoisotopic (exact) mass is 371 g/mol. The Hall–Kier alpha value is -0.900. The number of nitrogens with one attached hydrogen (secondary N) is 1. The standard InChI is InChI=1S/C15H12BrCl2NO/c16-10-5-6-12(15(18)14(10)17)19-11-7-8-20-13-4-2-1-3-9(11)13/h1-6,11,19H,7-8H2. The maximum atomic E-state index is 6.29. The van der Waals surface area contributed by atoms with Crippen LogP contribution in [0.2, 0.25) is 10.0 Å². The maximum absolute atomic E-state index is 6.29. The molecule has 0 amide bonds. The summed E-state index contributed by atoms with van der Waals surface area (Å²) in [5.41, 5.74) is 1.98. The van der Waals surface area contributed by atoms with Crippen LogP contribution in [-0.4, -0.2) is 6.61 Å². The second-order valence-electron chi connectivity index (χ2n) is 4.59. The molecule has 2 aromatic rings. The Morgan fingerprint density at radius 1 is 1.10 bits per heavy atom. The van der Waals surface area contributed by atoms with E-state index in [2.05, 4.69) is 27.3 Å². The molecule has 0 aromatic heterocycles. The molecule has 1 atom stereocenters. The molecule has 0 bridgehead atoms. The molecule has 0 fully saturated rings. The lowest BCUT2D eigenvalue weighted by atomic mass is 10.0. The molecular weight excluding hydrogens is 361 g/mol. The van der Waals surface area contributed by atoms with Crippen LogP contribution in [0.1, 0.15) is 18.0 Å². The van der Waals surface area contributed by atoms with Crippen LogP contribution >= 0.6 is 39.1 Å². The van der Waals surface area contributed by atoms with E-state index < -0.39 is 0 Å². The van der Waals surface area contributed by atoms with Gasteiger partial charge in [0, 0.05) is 16.5 Å². The van der Waals surface area contributed by atoms with Crippen LogP contribution in [0.4, 0.5) is 5.69 Å². The summed E-state index contributed by atoms with van der Waals surface area (Å²) in [6.07, 6.45) is 0.890. The molecule has 0 spiro atoms. The van der Waals surface area contributed by atoms with E-state index in [0.29, 0.717) is 16.7 Å². The molecule has 2 aromatic carbocycles. The molecule has 1 heterocycles. The first-order chi connectivity index (χ1) is 9.66. The van der Waals surface area contributed by atoms with Gasteiger partial charge in [-0.2, -0.15) is 0 Å². The van der Waals surface area contributed by atoms with Crippen LogP contribution in [0, 0.1) is 0 Å². The first-order valence-corrected chi connectivity index (χ1v) is 7.83. The Bertz CT molecular complexity index is 648. The highest BCUT2D eigenvalue weighted by molar-refractivity contribution is 9.10. The first kappa shape index (κ1) is 14.1. The summed E-state index contributed by atoms with van der Waals surface area (Å²) in [6.45, 7) is 0.691. The number of hydrogen-bond donors (Lipinski definition) is 1. The smallest absolute Gasteiger partial charge is 0.124 e. The van der Waals surface area contributed by atoms with Crippen LogP contribution in [-0.2, 0) is 0 Å². The fourth-order valence-electron chi connectivity index (χ4n) is 2.32. The quantitative estimate of drug-likeness (QED) is 0.683. The molecule has 0 saturated heterocycles. The van der Waals surface area contributed by atoms with E-state index in [4.69, 9.17) is 27.9 Å². The summed E-state index contributed by atoms with van der Waals surface area (Å²) in [4.78, 5) is 0. The summed E-state index contributed by atoms with van der Waals surface area (Å²) in [6, 6.07) is 12.0. The van der Waals surface area contributed by atoms with E-state index in [0.717, 1.165) is 27.9 Å². The Balaban J connectivity index is 1.92. The predicted octanol–water partition coefficient (Wildman–Crippen LogP) is 5.69. The van der Waals surface area contributed by atoms with Crippen molar-refractivity contribution in [1.29, 1.82) is 0 Å². The summed E-state index contributed by atoms with van der Waals surface area (Å²) < 4.78 is 6.45. The molecule has 0 radical (unpaired) electrons. The van der Waals surface area contributed by atoms with Crippen molar-refractivity contribution in [3.8, 4) is 5.75 Å². The van der Waals surface area contributed by atoms with Gasteiger partial charge in [0.05, 0.1) is 28.4 Å². The average molecular weight is 373 g/mol. The zero-order valence-electron chi connectivity index (χ0n) is 10.5. The average Bonchev–Trinajstić information content (AvgIpc) is 2.48. The maximum Gasteiger partial charge on any atom is 0.124 e. The third-order valence-electron chi connectivity index (χ3n) is 3.32. The predicted molar refractivity (Wildman–Crippen MR) is 87.1 cm³/mol. The van der Waals surface area contributed by atoms with E-state index in [9.17, 15) is 0 Å². The Morgan fingerprint density at radius 2 is 1.90 bits per heavy atom. The number of hydrogen-bond acceptors (Lipinski definition) is 2. The van der Waals surface area contributed by atoms with E-state index in [1.165, 1.54) is 0 Å². The fourth-order valence-corrected chi connectivity index (χ4v) is 3.15. The van der Waals surface area contributed by atoms with Crippen molar-refractivity contribution < 1.29 is 4.74 Å². The van der Waals surface area contributed by atoms with Crippen molar-refractivity contribution in [3.63, 3.8) is 0 Å². The SMILES string of the molecule is Clc1c(Br)ccc(NC2CCOc3ccccc32)c1Cl. The number of rotatable bonds is 2. The minimum absolute atomic E-state index is 0.176. The van der Waals surface area contributed by atoms with Crippen LogP contribution < -0.4 is 10.1 Å². The fraction of sp³-hybridized carbons (Fsp3) is 0.200. The number of ether oxygens (including phenoxy) is 1. The van der Waals surface area contributed by atoms with Crippen LogP contribution in [0.25, 0.3) is 0 Å². The lowest BCUT2D eigenvalue weighted by molar-refractivity contribution is 0.274. The number of anilines is 1. The third kappa shape index (κ3) is 2.62. The lowest BCUT2D eigenvalue weighted by Crippen LogP contribution is -2.20. The second-order valence-corrected chi connectivity index (χ2v) is 6.21. The van der Waals surface area contributed by atoms with Gasteiger partial charge < -0.3 is 10.1 Å². The molecule has 104 valence electrons. The summed E-state index contributed by atoms with van der Waals surface area (Å²) >= 11 is 15.8. The molecule has 0 saturated carbocycles. The van der Waals surface area contributed by atoms with Gasteiger partial charge in [0.15, 0.2) is 0 Å². The highest BCUT2D eigenvalue weighted by Crippen LogP contribution is 2.39. The summed E-state index contributed by atoms with van der Waals surface area (Å²) in [7, 11) is 0. The Labute approximate surface area is 136 Å². The van der Waals surface area contributed by atoms with E-state index >= 15 is 0 Å². The van der Waals surface area contributed by atoms with Crippen LogP contribution in [0.15, 0.2) is 40.9 Å². The molecule has 1 aliphatic rings. The van der Waals surface area contributed by atoms with Gasteiger partial charge in [0.1, 0.15) is 5.75 Å². The van der Waals surface area contributed by atoms with E-state index in [1.807, 2.05) is 30.3 Å². The third-order valence-corrected chi connectivity index (χ3v) is 5.09. The van der Waals surface area contributed by atoms with Gasteiger partial charge >= 0.3 is 0 Å². The number of para-hydroxylation sites is 1. The Kier molecular flexibility index (Phi) is 4.11. The van der Waals surface area contributed by atoms with Gasteiger partial charge in [-0.3, -0.25) is 0 Å². The molecular formula is C15H12BrCl2NO. The van der Waals surface area contributed by atoms with Crippen molar-refractivity contribution in [1.82, 2.24) is 0 Å². The van der Waals surface area contributed by atoms with Crippen molar-refractivity contribution in [2.24, 2.45) is 0 Å². The molecule has 1 unspecified atom stereocenters. The highest BCUT2D eigenvalue weighted by Gasteiger charge is 2.22. The largest absolute Gasteiger partial charge is 0.493 e. The number of halogens is 3. The molecule has 1 N–H and O–H groups in total. The van der Waals surface area contributed by atoms with Crippen molar-refractivity contribution in [2.45, 2.75) is 12.5 Å². The molecule has 3 rings (SSSR count). The van der Waals surface area contributed by atoms with Gasteiger partial charge in [0.2, 0.25) is 0 Å². The van der Waals surface area contributed by atoms with E-state index in [1.54, 1.807) is 0 Å². The van der Waals surface area contributed by atoms with Crippen LogP contribution in [0.5, 0.6) is 5.75 Å². The first-order valence-electron chi connectivity index (χ1n) is 6.28. The Morgan fingerprint density at radius 3 is 2.75 bits per heavy atom. The topological polar surface area (TPSA) is 21.3 Å². The van der Waals surface area contributed by atoms with E-state index in [-0.39, 0.29) is 6.04 Å². The van der Waals surface area contributed by atoms with Gasteiger partial charge in [-0.15, -0.1) is 0 Å². The number of benzene rings is 2. The number of fused-ring (bicyclic) bond motifs is 1. The molecule has 0 aliphatic carbocycles. The normalized spacial score (nSPS) is 17.2. The lowest BCUT2D eigenvalue weighted by Gasteiger charge is -2.28. The van der Waals surface area contributed by atoms with Gasteiger partial charge in [-0.05, 0) is 34.1 Å².